The molecule has 1 aromatic heterocycles. The minimum Gasteiger partial charge on any atom is -0.377 e. The summed E-state index contributed by atoms with van der Waals surface area (Å²) in [5.41, 5.74) is 1.06. The van der Waals surface area contributed by atoms with Crippen molar-refractivity contribution in [3.05, 3.63) is 18.0 Å². The average molecular weight is 409 g/mol. The maximum atomic E-state index is 5.36. The van der Waals surface area contributed by atoms with E-state index in [4.69, 9.17) is 4.74 Å². The Balaban J connectivity index is 0.00000400. The average Bonchev–Trinajstić information content (AvgIpc) is 2.83. The SMILES string of the molecule is CN=C(NCCCc1cnn(C)c1)NCC(C)(C)OC.I. The van der Waals surface area contributed by atoms with Gasteiger partial charge >= 0.3 is 0 Å². The smallest absolute Gasteiger partial charge is 0.191 e. The number of hydrogen-bond donors (Lipinski definition) is 2. The zero-order valence-corrected chi connectivity index (χ0v) is 16.0. The van der Waals surface area contributed by atoms with Crippen LogP contribution in [0.5, 0.6) is 0 Å². The molecule has 1 rings (SSSR count). The summed E-state index contributed by atoms with van der Waals surface area (Å²) in [5, 5.41) is 10.7. The quantitative estimate of drug-likeness (QED) is 0.311. The van der Waals surface area contributed by atoms with Gasteiger partial charge in [0.2, 0.25) is 0 Å². The van der Waals surface area contributed by atoms with Gasteiger partial charge in [-0.3, -0.25) is 9.67 Å². The van der Waals surface area contributed by atoms with E-state index in [1.54, 1.807) is 14.2 Å². The molecule has 21 heavy (non-hydrogen) atoms. The lowest BCUT2D eigenvalue weighted by molar-refractivity contribution is 0.0268. The number of guanidine groups is 1. The molecule has 0 aliphatic rings. The van der Waals surface area contributed by atoms with Crippen molar-refractivity contribution in [3.8, 4) is 0 Å². The largest absolute Gasteiger partial charge is 0.377 e. The van der Waals surface area contributed by atoms with Gasteiger partial charge in [-0.2, -0.15) is 5.10 Å². The summed E-state index contributed by atoms with van der Waals surface area (Å²) >= 11 is 0. The lowest BCUT2D eigenvalue weighted by Crippen LogP contribution is -2.45. The molecule has 0 aliphatic carbocycles. The van der Waals surface area contributed by atoms with Gasteiger partial charge in [0.05, 0.1) is 11.8 Å². The van der Waals surface area contributed by atoms with E-state index in [0.29, 0.717) is 6.54 Å². The normalized spacial score (nSPS) is 12.0. The van der Waals surface area contributed by atoms with Crippen molar-refractivity contribution in [1.82, 2.24) is 20.4 Å². The molecule has 0 saturated heterocycles. The number of nitrogens with zero attached hydrogens (tertiary/aromatic N) is 3. The Kier molecular flexibility index (Phi) is 9.60. The van der Waals surface area contributed by atoms with Crippen LogP contribution in [0.3, 0.4) is 0 Å². The van der Waals surface area contributed by atoms with E-state index in [2.05, 4.69) is 20.7 Å². The molecular weight excluding hydrogens is 381 g/mol. The van der Waals surface area contributed by atoms with E-state index in [0.717, 1.165) is 25.3 Å². The predicted molar refractivity (Wildman–Crippen MR) is 97.4 cm³/mol. The lowest BCUT2D eigenvalue weighted by Gasteiger charge is -2.24. The Morgan fingerprint density at radius 2 is 2.14 bits per heavy atom. The fourth-order valence-electron chi connectivity index (χ4n) is 1.69. The maximum absolute atomic E-state index is 5.36. The number of aromatic nitrogens is 2. The number of aliphatic imine (C=N–C) groups is 1. The molecule has 0 radical (unpaired) electrons. The number of methoxy groups -OCH3 is 1. The molecule has 0 fully saturated rings. The molecule has 7 heteroatoms. The first kappa shape index (κ1) is 20.2. The Morgan fingerprint density at radius 3 is 2.67 bits per heavy atom. The van der Waals surface area contributed by atoms with Crippen molar-refractivity contribution >= 4 is 29.9 Å². The number of halogens is 1. The summed E-state index contributed by atoms with van der Waals surface area (Å²) in [6.45, 7) is 5.67. The van der Waals surface area contributed by atoms with Crippen LogP contribution in [0.1, 0.15) is 25.8 Å². The van der Waals surface area contributed by atoms with Gasteiger partial charge < -0.3 is 15.4 Å². The molecule has 2 N–H and O–H groups in total. The van der Waals surface area contributed by atoms with Gasteiger partial charge in [0.25, 0.3) is 0 Å². The third-order valence-electron chi connectivity index (χ3n) is 3.15. The van der Waals surface area contributed by atoms with Gasteiger partial charge in [-0.1, -0.05) is 0 Å². The summed E-state index contributed by atoms with van der Waals surface area (Å²) < 4.78 is 7.19. The van der Waals surface area contributed by atoms with Crippen molar-refractivity contribution in [3.63, 3.8) is 0 Å². The second kappa shape index (κ2) is 9.99. The van der Waals surface area contributed by atoms with E-state index in [1.165, 1.54) is 5.56 Å². The van der Waals surface area contributed by atoms with Crippen LogP contribution in [0.4, 0.5) is 0 Å². The minimum absolute atomic E-state index is 0. The van der Waals surface area contributed by atoms with Crippen LogP contribution in [0.2, 0.25) is 0 Å². The Labute approximate surface area is 144 Å². The first-order valence-corrected chi connectivity index (χ1v) is 6.94. The summed E-state index contributed by atoms with van der Waals surface area (Å²) in [6, 6.07) is 0. The molecule has 0 spiro atoms. The van der Waals surface area contributed by atoms with Gasteiger partial charge in [0.15, 0.2) is 5.96 Å². The summed E-state index contributed by atoms with van der Waals surface area (Å²) in [7, 11) is 5.42. The summed E-state index contributed by atoms with van der Waals surface area (Å²) in [6.07, 6.45) is 6.02. The molecule has 1 heterocycles. The monoisotopic (exact) mass is 409 g/mol. The molecule has 0 unspecified atom stereocenters. The Bertz CT molecular complexity index is 431. The summed E-state index contributed by atoms with van der Waals surface area (Å²) in [4.78, 5) is 4.20. The highest BCUT2D eigenvalue weighted by Gasteiger charge is 2.16. The third kappa shape index (κ3) is 8.25. The Hall–Kier alpha value is -0.830. The first-order valence-electron chi connectivity index (χ1n) is 6.94. The van der Waals surface area contributed by atoms with E-state index in [1.807, 2.05) is 38.0 Å². The zero-order chi connectivity index (χ0) is 15.0. The molecular formula is C14H28IN5O. The molecule has 0 bridgehead atoms. The van der Waals surface area contributed by atoms with Gasteiger partial charge in [-0.25, -0.2) is 0 Å². The number of aryl methyl sites for hydroxylation is 2. The van der Waals surface area contributed by atoms with Crippen LogP contribution < -0.4 is 10.6 Å². The standard InChI is InChI=1S/C14H27N5O.HI/c1-14(2,20-5)11-17-13(15-3)16-8-6-7-12-9-18-19(4)10-12;/h9-10H,6-8,11H2,1-5H3,(H2,15,16,17);1H. The molecule has 0 amide bonds. The van der Waals surface area contributed by atoms with Gasteiger partial charge in [0.1, 0.15) is 0 Å². The van der Waals surface area contributed by atoms with Crippen LogP contribution in [-0.2, 0) is 18.2 Å². The molecule has 0 saturated carbocycles. The summed E-state index contributed by atoms with van der Waals surface area (Å²) in [5.74, 6) is 0.807. The maximum Gasteiger partial charge on any atom is 0.191 e. The fourth-order valence-corrected chi connectivity index (χ4v) is 1.69. The van der Waals surface area contributed by atoms with Crippen molar-refractivity contribution < 1.29 is 4.74 Å². The van der Waals surface area contributed by atoms with Gasteiger partial charge in [-0.15, -0.1) is 24.0 Å². The highest BCUT2D eigenvalue weighted by atomic mass is 127. The highest BCUT2D eigenvalue weighted by molar-refractivity contribution is 14.0. The topological polar surface area (TPSA) is 63.5 Å². The van der Waals surface area contributed by atoms with Crippen LogP contribution in [0, 0.1) is 0 Å². The van der Waals surface area contributed by atoms with Crippen molar-refractivity contribution in [2.24, 2.45) is 12.0 Å². The van der Waals surface area contributed by atoms with Crippen LogP contribution >= 0.6 is 24.0 Å². The van der Waals surface area contributed by atoms with Crippen molar-refractivity contribution in [2.45, 2.75) is 32.3 Å². The number of nitrogens with one attached hydrogen (secondary N) is 2. The van der Waals surface area contributed by atoms with E-state index < -0.39 is 0 Å². The van der Waals surface area contributed by atoms with Crippen LogP contribution in [0.15, 0.2) is 17.4 Å². The molecule has 0 atom stereocenters. The first-order chi connectivity index (χ1) is 9.46. The van der Waals surface area contributed by atoms with E-state index in [-0.39, 0.29) is 29.6 Å². The van der Waals surface area contributed by atoms with Gasteiger partial charge in [0, 0.05) is 40.5 Å². The third-order valence-corrected chi connectivity index (χ3v) is 3.15. The number of hydrogen-bond acceptors (Lipinski definition) is 3. The molecule has 1 aromatic rings. The number of ether oxygens (including phenoxy) is 1. The highest BCUT2D eigenvalue weighted by Crippen LogP contribution is 2.04. The number of rotatable bonds is 7. The fraction of sp³-hybridized carbons (Fsp3) is 0.714. The second-order valence-electron chi connectivity index (χ2n) is 5.44. The predicted octanol–water partition coefficient (Wildman–Crippen LogP) is 1.56. The molecule has 122 valence electrons. The van der Waals surface area contributed by atoms with Crippen LogP contribution in [-0.4, -0.2) is 48.6 Å². The zero-order valence-electron chi connectivity index (χ0n) is 13.6. The van der Waals surface area contributed by atoms with Crippen LogP contribution in [0.25, 0.3) is 0 Å². The Morgan fingerprint density at radius 1 is 1.43 bits per heavy atom. The van der Waals surface area contributed by atoms with Crippen molar-refractivity contribution in [1.29, 1.82) is 0 Å². The van der Waals surface area contributed by atoms with E-state index >= 15 is 0 Å². The van der Waals surface area contributed by atoms with E-state index in [9.17, 15) is 0 Å². The molecule has 0 aliphatic heterocycles. The van der Waals surface area contributed by atoms with Crippen molar-refractivity contribution in [2.75, 3.05) is 27.2 Å². The van der Waals surface area contributed by atoms with Gasteiger partial charge in [-0.05, 0) is 32.3 Å². The molecule has 0 aromatic carbocycles. The minimum atomic E-state index is -0.201. The molecule has 6 nitrogen and oxygen atoms in total. The second-order valence-corrected chi connectivity index (χ2v) is 5.44. The lowest BCUT2D eigenvalue weighted by atomic mass is 10.1.